The van der Waals surface area contributed by atoms with Crippen molar-refractivity contribution in [3.05, 3.63) is 101 Å². The van der Waals surface area contributed by atoms with Crippen LogP contribution in [0, 0.1) is 12.7 Å². The van der Waals surface area contributed by atoms with Crippen LogP contribution in [0.5, 0.6) is 0 Å². The number of rotatable bonds is 10. The van der Waals surface area contributed by atoms with E-state index in [-0.39, 0.29) is 18.5 Å². The fraction of sp³-hybridized carbons (Fsp3) is 0.333. The summed E-state index contributed by atoms with van der Waals surface area (Å²) in [5.74, 6) is -1.57. The van der Waals surface area contributed by atoms with Gasteiger partial charge < -0.3 is 10.2 Å². The van der Waals surface area contributed by atoms with E-state index in [0.29, 0.717) is 5.69 Å². The lowest BCUT2D eigenvalue weighted by Crippen LogP contribution is -2.56. The van der Waals surface area contributed by atoms with Crippen LogP contribution in [0.25, 0.3) is 0 Å². The van der Waals surface area contributed by atoms with E-state index in [1.807, 2.05) is 58.0 Å². The second kappa shape index (κ2) is 12.4. The average molecular weight is 554 g/mol. The Hall–Kier alpha value is -3.72. The van der Waals surface area contributed by atoms with Crippen LogP contribution in [0.1, 0.15) is 37.5 Å². The molecule has 3 aromatic carbocycles. The number of benzene rings is 3. The molecule has 0 fully saturated rings. The van der Waals surface area contributed by atoms with Crippen molar-refractivity contribution in [2.24, 2.45) is 0 Å². The summed E-state index contributed by atoms with van der Waals surface area (Å²) in [5, 5.41) is 2.94. The number of nitrogens with zero attached hydrogens (tertiary/aromatic N) is 2. The zero-order valence-electron chi connectivity index (χ0n) is 23.0. The van der Waals surface area contributed by atoms with E-state index >= 15 is 0 Å². The van der Waals surface area contributed by atoms with E-state index in [2.05, 4.69) is 5.32 Å². The quantitative estimate of drug-likeness (QED) is 0.402. The molecule has 0 saturated carbocycles. The van der Waals surface area contributed by atoms with Crippen LogP contribution in [0.4, 0.5) is 10.1 Å². The molecular formula is C30H36FN3O4S. The molecule has 0 spiro atoms. The predicted molar refractivity (Wildman–Crippen MR) is 152 cm³/mol. The number of anilines is 1. The van der Waals surface area contributed by atoms with Gasteiger partial charge in [0.05, 0.1) is 11.9 Å². The molecule has 0 aliphatic rings. The Bertz CT molecular complexity index is 1390. The maximum atomic E-state index is 14.8. The highest BCUT2D eigenvalue weighted by Crippen LogP contribution is 2.22. The third-order valence-electron chi connectivity index (χ3n) is 6.07. The van der Waals surface area contributed by atoms with Crippen molar-refractivity contribution in [3.8, 4) is 0 Å². The van der Waals surface area contributed by atoms with Crippen LogP contribution in [0.3, 0.4) is 0 Å². The van der Waals surface area contributed by atoms with Crippen LogP contribution < -0.4 is 9.62 Å². The van der Waals surface area contributed by atoms with Gasteiger partial charge >= 0.3 is 0 Å². The zero-order valence-corrected chi connectivity index (χ0v) is 23.8. The molecule has 0 unspecified atom stereocenters. The Morgan fingerprint density at radius 1 is 0.923 bits per heavy atom. The Balaban J connectivity index is 2.08. The van der Waals surface area contributed by atoms with Gasteiger partial charge in [0.15, 0.2) is 0 Å². The first-order valence-corrected chi connectivity index (χ1v) is 14.5. The maximum Gasteiger partial charge on any atom is 0.244 e. The molecule has 7 nitrogen and oxygen atoms in total. The summed E-state index contributed by atoms with van der Waals surface area (Å²) in [6.45, 7) is 6.59. The summed E-state index contributed by atoms with van der Waals surface area (Å²) in [6, 6.07) is 21.0. The molecule has 0 aromatic heterocycles. The highest BCUT2D eigenvalue weighted by Gasteiger charge is 2.34. The summed E-state index contributed by atoms with van der Waals surface area (Å²) in [7, 11) is -3.86. The molecule has 1 N–H and O–H groups in total. The molecule has 0 bridgehead atoms. The van der Waals surface area contributed by atoms with E-state index in [9.17, 15) is 22.4 Å². The lowest BCUT2D eigenvalue weighted by atomic mass is 10.0. The van der Waals surface area contributed by atoms with Gasteiger partial charge in [-0.3, -0.25) is 13.9 Å². The van der Waals surface area contributed by atoms with Gasteiger partial charge in [0.2, 0.25) is 21.8 Å². The van der Waals surface area contributed by atoms with Crippen molar-refractivity contribution in [2.45, 2.75) is 52.2 Å². The van der Waals surface area contributed by atoms with Gasteiger partial charge in [-0.1, -0.05) is 66.2 Å². The average Bonchev–Trinajstić information content (AvgIpc) is 2.85. The first kappa shape index (κ1) is 29.8. The molecule has 3 rings (SSSR count). The predicted octanol–water partition coefficient (Wildman–Crippen LogP) is 4.45. The third-order valence-corrected chi connectivity index (χ3v) is 7.21. The van der Waals surface area contributed by atoms with E-state index in [1.54, 1.807) is 42.5 Å². The van der Waals surface area contributed by atoms with Gasteiger partial charge in [0.1, 0.15) is 18.4 Å². The lowest BCUT2D eigenvalue weighted by Gasteiger charge is -2.35. The highest BCUT2D eigenvalue weighted by molar-refractivity contribution is 7.92. The fourth-order valence-electron chi connectivity index (χ4n) is 4.14. The Kier molecular flexibility index (Phi) is 9.50. The number of hydrogen-bond acceptors (Lipinski definition) is 4. The summed E-state index contributed by atoms with van der Waals surface area (Å²) in [4.78, 5) is 28.9. The highest BCUT2D eigenvalue weighted by atomic mass is 32.2. The lowest BCUT2D eigenvalue weighted by molar-refractivity contribution is -0.140. The standard InChI is InChI=1S/C30H36FN3O4S/c1-22-15-17-25(18-16-22)34(39(5,37)38)21-28(35)33(20-24-13-9-10-14-26(24)31)27(29(36)32-30(2,3)4)19-23-11-7-6-8-12-23/h6-18,27H,19-21H2,1-5H3,(H,32,36)/t27-/m0/s1. The van der Waals surface area contributed by atoms with Gasteiger partial charge in [-0.2, -0.15) is 0 Å². The molecule has 0 aliphatic heterocycles. The van der Waals surface area contributed by atoms with Crippen LogP contribution >= 0.6 is 0 Å². The largest absolute Gasteiger partial charge is 0.350 e. The van der Waals surface area contributed by atoms with Gasteiger partial charge in [-0.05, 0) is 51.5 Å². The summed E-state index contributed by atoms with van der Waals surface area (Å²) < 4.78 is 41.4. The number of carbonyl (C=O) groups is 2. The number of halogens is 1. The summed E-state index contributed by atoms with van der Waals surface area (Å²) in [5.41, 5.74) is 1.67. The summed E-state index contributed by atoms with van der Waals surface area (Å²) in [6.07, 6.45) is 1.18. The van der Waals surface area contributed by atoms with Crippen LogP contribution in [-0.4, -0.2) is 49.5 Å². The van der Waals surface area contributed by atoms with Crippen molar-refractivity contribution < 1.29 is 22.4 Å². The second-order valence-electron chi connectivity index (χ2n) is 10.7. The molecule has 208 valence electrons. The van der Waals surface area contributed by atoms with Crippen LogP contribution in [0.15, 0.2) is 78.9 Å². The topological polar surface area (TPSA) is 86.8 Å². The van der Waals surface area contributed by atoms with Crippen LogP contribution in [-0.2, 0) is 32.6 Å². The smallest absolute Gasteiger partial charge is 0.244 e. The maximum absolute atomic E-state index is 14.8. The van der Waals surface area contributed by atoms with E-state index in [0.717, 1.165) is 21.7 Å². The Labute approximate surface area is 230 Å². The molecule has 9 heteroatoms. The van der Waals surface area contributed by atoms with E-state index < -0.39 is 45.8 Å². The minimum atomic E-state index is -3.86. The molecule has 2 amide bonds. The fourth-order valence-corrected chi connectivity index (χ4v) is 4.99. The molecular weight excluding hydrogens is 517 g/mol. The number of aryl methyl sites for hydroxylation is 1. The molecule has 1 atom stereocenters. The zero-order chi connectivity index (χ0) is 28.8. The van der Waals surface area contributed by atoms with Crippen molar-refractivity contribution in [1.82, 2.24) is 10.2 Å². The first-order valence-electron chi connectivity index (χ1n) is 12.7. The van der Waals surface area contributed by atoms with E-state index in [4.69, 9.17) is 0 Å². The number of amides is 2. The van der Waals surface area contributed by atoms with Gasteiger partial charge in [-0.15, -0.1) is 0 Å². The minimum Gasteiger partial charge on any atom is -0.350 e. The minimum absolute atomic E-state index is 0.159. The Morgan fingerprint density at radius 3 is 2.08 bits per heavy atom. The number of nitrogens with one attached hydrogen (secondary N) is 1. The number of carbonyl (C=O) groups excluding carboxylic acids is 2. The third kappa shape index (κ3) is 8.64. The normalized spacial score (nSPS) is 12.5. The molecule has 3 aromatic rings. The molecule has 0 saturated heterocycles. The SMILES string of the molecule is Cc1ccc(N(CC(=O)N(Cc2ccccc2F)[C@@H](Cc2ccccc2)C(=O)NC(C)(C)C)S(C)(=O)=O)cc1. The van der Waals surface area contributed by atoms with Gasteiger partial charge in [0.25, 0.3) is 0 Å². The molecule has 0 aliphatic carbocycles. The van der Waals surface area contributed by atoms with Crippen molar-refractivity contribution >= 4 is 27.5 Å². The monoisotopic (exact) mass is 553 g/mol. The molecule has 39 heavy (non-hydrogen) atoms. The van der Waals surface area contributed by atoms with Crippen LogP contribution in [0.2, 0.25) is 0 Å². The van der Waals surface area contributed by atoms with Gasteiger partial charge in [-0.25, -0.2) is 12.8 Å². The Morgan fingerprint density at radius 2 is 1.51 bits per heavy atom. The summed E-state index contributed by atoms with van der Waals surface area (Å²) >= 11 is 0. The second-order valence-corrected chi connectivity index (χ2v) is 12.6. The number of hydrogen-bond donors (Lipinski definition) is 1. The number of sulfonamides is 1. The molecule has 0 radical (unpaired) electrons. The van der Waals surface area contributed by atoms with Crippen molar-refractivity contribution in [3.63, 3.8) is 0 Å². The van der Waals surface area contributed by atoms with Crippen molar-refractivity contribution in [2.75, 3.05) is 17.1 Å². The molecule has 0 heterocycles. The van der Waals surface area contributed by atoms with Crippen molar-refractivity contribution in [1.29, 1.82) is 0 Å². The van der Waals surface area contributed by atoms with Gasteiger partial charge in [0, 0.05) is 24.1 Å². The first-order chi connectivity index (χ1) is 18.2. The van der Waals surface area contributed by atoms with E-state index in [1.165, 1.54) is 11.0 Å².